The Balaban J connectivity index is 1.23. The Morgan fingerprint density at radius 3 is 2.00 bits per heavy atom. The lowest BCUT2D eigenvalue weighted by Crippen LogP contribution is -2.13. The van der Waals surface area contributed by atoms with Crippen molar-refractivity contribution in [1.82, 2.24) is 14.5 Å². The number of hydrogen-bond acceptors (Lipinski definition) is 3. The van der Waals surface area contributed by atoms with E-state index in [-0.39, 0.29) is 5.41 Å². The molecule has 0 unspecified atom stereocenters. The third-order valence-electron chi connectivity index (χ3n) is 11.2. The van der Waals surface area contributed by atoms with Crippen LogP contribution >= 0.6 is 11.3 Å². The minimum absolute atomic E-state index is 0.0876. The molecule has 1 aliphatic rings. The predicted molar refractivity (Wildman–Crippen MR) is 223 cm³/mol. The van der Waals surface area contributed by atoms with E-state index < -0.39 is 0 Å². The highest BCUT2D eigenvalue weighted by atomic mass is 32.1. The largest absolute Gasteiger partial charge is 0.276 e. The molecular formula is C49H33N3S. The van der Waals surface area contributed by atoms with Gasteiger partial charge in [0.15, 0.2) is 0 Å². The van der Waals surface area contributed by atoms with Crippen molar-refractivity contribution in [3.63, 3.8) is 0 Å². The molecule has 0 N–H and O–H groups in total. The molecular weight excluding hydrogens is 663 g/mol. The Morgan fingerprint density at radius 1 is 0.509 bits per heavy atom. The third kappa shape index (κ3) is 4.46. The van der Waals surface area contributed by atoms with Crippen LogP contribution in [0.2, 0.25) is 0 Å². The minimum Gasteiger partial charge on any atom is -0.276 e. The SMILES string of the molecule is CC1(C)c2ccccc2-c2c1sc1c2ccc2c3cc(-c4cccc(-c5ccccc5)c4)ccc3n(-c3nc(-c4ccccc4)c4ccccc4n3)c21. The fourth-order valence-electron chi connectivity index (χ4n) is 8.61. The fraction of sp³-hybridized carbons (Fsp3) is 0.0612. The van der Waals surface area contributed by atoms with E-state index in [9.17, 15) is 0 Å². The zero-order valence-corrected chi connectivity index (χ0v) is 30.2. The van der Waals surface area contributed by atoms with Crippen molar-refractivity contribution >= 4 is 54.1 Å². The van der Waals surface area contributed by atoms with E-state index in [0.717, 1.165) is 33.2 Å². The molecule has 7 aromatic carbocycles. The minimum atomic E-state index is -0.0876. The number of fused-ring (bicyclic) bond motifs is 10. The van der Waals surface area contributed by atoms with Gasteiger partial charge in [0.2, 0.25) is 5.95 Å². The van der Waals surface area contributed by atoms with Gasteiger partial charge in [-0.2, -0.15) is 0 Å². The first kappa shape index (κ1) is 30.3. The van der Waals surface area contributed by atoms with E-state index in [1.54, 1.807) is 0 Å². The third-order valence-corrected chi connectivity index (χ3v) is 12.7. The summed E-state index contributed by atoms with van der Waals surface area (Å²) in [7, 11) is 0. The second-order valence-corrected chi connectivity index (χ2v) is 15.6. The van der Waals surface area contributed by atoms with Crippen molar-refractivity contribution < 1.29 is 0 Å². The molecule has 0 fully saturated rings. The lowest BCUT2D eigenvalue weighted by molar-refractivity contribution is 0.674. The maximum absolute atomic E-state index is 5.43. The maximum Gasteiger partial charge on any atom is 0.235 e. The van der Waals surface area contributed by atoms with Gasteiger partial charge in [0.25, 0.3) is 0 Å². The van der Waals surface area contributed by atoms with Crippen LogP contribution in [0.15, 0.2) is 164 Å². The molecule has 250 valence electrons. The number of thiophene rings is 1. The molecule has 53 heavy (non-hydrogen) atoms. The molecule has 3 nitrogen and oxygen atoms in total. The van der Waals surface area contributed by atoms with Gasteiger partial charge < -0.3 is 0 Å². The fourth-order valence-corrected chi connectivity index (χ4v) is 10.1. The molecule has 0 saturated carbocycles. The van der Waals surface area contributed by atoms with Gasteiger partial charge in [-0.3, -0.25) is 4.57 Å². The lowest BCUT2D eigenvalue weighted by Gasteiger charge is -2.19. The van der Waals surface area contributed by atoms with Gasteiger partial charge in [-0.15, -0.1) is 11.3 Å². The van der Waals surface area contributed by atoms with Crippen molar-refractivity contribution in [3.05, 3.63) is 174 Å². The first-order chi connectivity index (χ1) is 26.0. The van der Waals surface area contributed by atoms with Gasteiger partial charge in [0, 0.05) is 43.0 Å². The first-order valence-electron chi connectivity index (χ1n) is 18.2. The van der Waals surface area contributed by atoms with Crippen molar-refractivity contribution in [1.29, 1.82) is 0 Å². The summed E-state index contributed by atoms with van der Waals surface area (Å²) in [6, 6.07) is 58.9. The summed E-state index contributed by atoms with van der Waals surface area (Å²) in [5.74, 6) is 0.682. The van der Waals surface area contributed by atoms with Gasteiger partial charge in [-0.1, -0.05) is 153 Å². The summed E-state index contributed by atoms with van der Waals surface area (Å²) in [5, 5.41) is 4.73. The van der Waals surface area contributed by atoms with Gasteiger partial charge in [0.05, 0.1) is 26.9 Å². The maximum atomic E-state index is 5.43. The van der Waals surface area contributed by atoms with Gasteiger partial charge in [-0.25, -0.2) is 9.97 Å². The van der Waals surface area contributed by atoms with E-state index in [2.05, 4.69) is 182 Å². The zero-order valence-electron chi connectivity index (χ0n) is 29.3. The first-order valence-corrected chi connectivity index (χ1v) is 19.0. The summed E-state index contributed by atoms with van der Waals surface area (Å²) >= 11 is 1.93. The van der Waals surface area contributed by atoms with Crippen molar-refractivity contribution in [3.8, 4) is 50.6 Å². The second-order valence-electron chi connectivity index (χ2n) is 14.6. The molecule has 3 aromatic heterocycles. The average molecular weight is 696 g/mol. The normalized spacial score (nSPS) is 13.2. The quantitative estimate of drug-likeness (QED) is 0.183. The van der Waals surface area contributed by atoms with Crippen LogP contribution in [-0.4, -0.2) is 14.5 Å². The number of para-hydroxylation sites is 1. The summed E-state index contributed by atoms with van der Waals surface area (Å²) in [4.78, 5) is 12.2. The van der Waals surface area contributed by atoms with Crippen LogP contribution in [0.3, 0.4) is 0 Å². The Labute approximate surface area is 311 Å². The molecule has 1 aliphatic carbocycles. The zero-order chi connectivity index (χ0) is 35.3. The monoisotopic (exact) mass is 695 g/mol. The molecule has 0 amide bonds. The van der Waals surface area contributed by atoms with Crippen LogP contribution < -0.4 is 0 Å². The van der Waals surface area contributed by atoms with Crippen LogP contribution in [0.25, 0.3) is 93.4 Å². The molecule has 3 heterocycles. The summed E-state index contributed by atoms with van der Waals surface area (Å²) in [6.45, 7) is 4.74. The number of aromatic nitrogens is 3. The Bertz CT molecular complexity index is 3080. The van der Waals surface area contributed by atoms with Crippen molar-refractivity contribution in [2.75, 3.05) is 0 Å². The molecule has 0 spiro atoms. The van der Waals surface area contributed by atoms with Crippen LogP contribution in [0.1, 0.15) is 24.3 Å². The van der Waals surface area contributed by atoms with Gasteiger partial charge in [-0.05, 0) is 57.6 Å². The Hall–Kier alpha value is -6.36. The standard InChI is InChI=1S/C49H33N3S/c1-49(2)40-22-11-9-20-36(40)43-38-26-25-35-39-29-34(33-19-13-18-32(28-33)30-14-5-3-6-15-30)24-27-42(39)52(45(35)46(38)53-47(43)49)48-50-41-23-12-10-21-37(41)44(51-48)31-16-7-4-8-17-31/h3-29H,1-2H3. The molecule has 0 bridgehead atoms. The van der Waals surface area contributed by atoms with Gasteiger partial charge >= 0.3 is 0 Å². The summed E-state index contributed by atoms with van der Waals surface area (Å²) < 4.78 is 3.61. The average Bonchev–Trinajstić information content (AvgIpc) is 3.84. The predicted octanol–water partition coefficient (Wildman–Crippen LogP) is 13.2. The molecule has 0 aliphatic heterocycles. The van der Waals surface area contributed by atoms with E-state index in [1.807, 2.05) is 11.3 Å². The highest BCUT2D eigenvalue weighted by molar-refractivity contribution is 7.21. The van der Waals surface area contributed by atoms with Crippen LogP contribution in [0, 0.1) is 0 Å². The number of benzene rings is 7. The molecule has 11 rings (SSSR count). The molecule has 0 saturated heterocycles. The van der Waals surface area contributed by atoms with E-state index in [4.69, 9.17) is 9.97 Å². The highest BCUT2D eigenvalue weighted by Gasteiger charge is 2.39. The Morgan fingerprint density at radius 2 is 1.17 bits per heavy atom. The van der Waals surface area contributed by atoms with E-state index in [0.29, 0.717) is 5.95 Å². The second kappa shape index (κ2) is 11.3. The number of hydrogen-bond donors (Lipinski definition) is 0. The number of nitrogens with zero attached hydrogens (tertiary/aromatic N) is 3. The molecule has 4 heteroatoms. The van der Waals surface area contributed by atoms with Crippen molar-refractivity contribution in [2.24, 2.45) is 0 Å². The van der Waals surface area contributed by atoms with E-state index >= 15 is 0 Å². The Kier molecular flexibility index (Phi) is 6.47. The highest BCUT2D eigenvalue weighted by Crippen LogP contribution is 2.56. The number of rotatable bonds is 4. The topological polar surface area (TPSA) is 30.7 Å². The van der Waals surface area contributed by atoms with E-state index in [1.165, 1.54) is 64.7 Å². The molecule has 0 radical (unpaired) electrons. The lowest BCUT2D eigenvalue weighted by atomic mass is 9.87. The molecule has 0 atom stereocenters. The summed E-state index contributed by atoms with van der Waals surface area (Å²) in [6.07, 6.45) is 0. The molecule has 10 aromatic rings. The van der Waals surface area contributed by atoms with Crippen LogP contribution in [0.4, 0.5) is 0 Å². The van der Waals surface area contributed by atoms with Crippen LogP contribution in [0.5, 0.6) is 0 Å². The summed E-state index contributed by atoms with van der Waals surface area (Å²) in [5.41, 5.74) is 14.0. The van der Waals surface area contributed by atoms with Crippen molar-refractivity contribution in [2.45, 2.75) is 19.3 Å². The smallest absolute Gasteiger partial charge is 0.235 e. The van der Waals surface area contributed by atoms with Crippen LogP contribution in [-0.2, 0) is 5.41 Å². The van der Waals surface area contributed by atoms with Gasteiger partial charge in [0.1, 0.15) is 0 Å².